The molecule has 520 valence electrons. The van der Waals surface area contributed by atoms with E-state index in [-0.39, 0.29) is 70.2 Å². The zero-order chi connectivity index (χ0) is 70.3. The molecule has 2 aliphatic rings. The number of benzene rings is 3. The number of aliphatic hydroxyl groups is 1. The average molecular weight is 1370 g/mol. The number of aromatic hydroxyl groups is 1. The van der Waals surface area contributed by atoms with Crippen LogP contribution in [0.3, 0.4) is 0 Å². The van der Waals surface area contributed by atoms with Gasteiger partial charge in [0, 0.05) is 60.8 Å². The van der Waals surface area contributed by atoms with Gasteiger partial charge in [-0.15, -0.1) is 0 Å². The van der Waals surface area contributed by atoms with Crippen LogP contribution in [-0.2, 0) is 81.6 Å². The van der Waals surface area contributed by atoms with E-state index < -0.39 is 180 Å². The number of hydrogen-bond acceptors (Lipinski definition) is 19. The Balaban J connectivity index is 1.40. The summed E-state index contributed by atoms with van der Waals surface area (Å²) in [6.45, 7) is 4.15. The molecule has 0 spiro atoms. The number of aliphatic carboxylic acids is 3. The Kier molecular flexibility index (Phi) is 28.8. The summed E-state index contributed by atoms with van der Waals surface area (Å²) in [5.74, 6) is -16.1. The molecule has 0 unspecified atom stereocenters. The number of amides is 10. The minimum atomic E-state index is -2.00. The number of carbonyl (C=O) groups is 13. The van der Waals surface area contributed by atoms with Crippen molar-refractivity contribution in [3.05, 3.63) is 102 Å². The van der Waals surface area contributed by atoms with E-state index in [2.05, 4.69) is 52.8 Å². The fourth-order valence-electron chi connectivity index (χ4n) is 10.6. The largest absolute Gasteiger partial charge is 0.508 e. The molecule has 4 aromatic rings. The third-order valence-corrected chi connectivity index (χ3v) is 18.4. The van der Waals surface area contributed by atoms with Crippen LogP contribution in [0, 0.1) is 5.92 Å². The summed E-state index contributed by atoms with van der Waals surface area (Å²) in [6, 6.07) is 3.54. The van der Waals surface area contributed by atoms with Crippen LogP contribution in [0.4, 0.5) is 0 Å². The van der Waals surface area contributed by atoms with E-state index in [0.29, 0.717) is 27.6 Å². The number of carboxylic acids is 3. The number of rotatable bonds is 26. The number of aromatic amines is 1. The number of fused-ring (bicyclic) bond motifs is 1. The number of likely N-dealkylation sites (tertiary alicyclic amines) is 1. The molecule has 10 amide bonds. The first kappa shape index (κ1) is 75.7. The maximum atomic E-state index is 15.1. The van der Waals surface area contributed by atoms with E-state index in [1.54, 1.807) is 60.8 Å². The zero-order valence-electron chi connectivity index (χ0n) is 52.9. The van der Waals surface area contributed by atoms with Crippen molar-refractivity contribution < 1.29 is 87.9 Å². The maximum absolute atomic E-state index is 15.1. The molecule has 2 fully saturated rings. The Morgan fingerprint density at radius 2 is 1.24 bits per heavy atom. The average Bonchev–Trinajstić information content (AvgIpc) is 1.62. The Hall–Kier alpha value is -9.31. The monoisotopic (exact) mass is 1370 g/mol. The second-order valence-corrected chi connectivity index (χ2v) is 26.2. The number of H-pyrrole nitrogens is 1. The van der Waals surface area contributed by atoms with Crippen molar-refractivity contribution in [3.63, 3.8) is 0 Å². The molecule has 0 saturated carbocycles. The van der Waals surface area contributed by atoms with Crippen LogP contribution in [0.25, 0.3) is 10.9 Å². The molecular weight excluding hydrogens is 1290 g/mol. The first-order chi connectivity index (χ1) is 45.6. The number of aromatic nitrogens is 1. The van der Waals surface area contributed by atoms with Crippen molar-refractivity contribution in [1.29, 1.82) is 0 Å². The first-order valence-corrected chi connectivity index (χ1v) is 33.6. The van der Waals surface area contributed by atoms with Crippen LogP contribution in [0.2, 0.25) is 0 Å². The number of hydrogen-bond donors (Lipinski definition) is 17. The number of phenolic OH excluding ortho intramolecular Hbond substituents is 1. The molecule has 12 atom stereocenters. The molecule has 0 bridgehead atoms. The lowest BCUT2D eigenvalue weighted by molar-refractivity contribution is -0.145. The quantitative estimate of drug-likeness (QED) is 0.0308. The second-order valence-electron chi connectivity index (χ2n) is 23.7. The standard InChI is InChI=1S/C63H83N13O18S2/c1-32(2)51(63(93)94)74-60(90)47-31-96-95-30-46(72-58(88)45(28-50(81)82)71-61(91)48-16-10-24-76(48)62(92)52(33(3)77)75-53(83)39(65)21-22-49(79)80)59(89)69-42(25-34-11-5-4-6-12-34)55(85)70-44(27-36-29-66-40-14-8-7-13-38(36)40)57(87)67-41(15-9-23-64)54(84)68-43(56(86)73-47)26-35-17-19-37(78)20-18-35/h4-8,11-14,17-20,29,32-33,39,41-48,51-52,66,77-78H,9-10,15-16,21-28,30-31,64-65H2,1-3H3,(H,67,87)(H,68,84)(H,69,89)(H,70,85)(H,71,91)(H,72,88)(H,73,86)(H,74,90)(H,75,83)(H,79,80)(H,81,82)(H,93,94)/t33-,39+,41-,42+,43+,44+,45-,46-,47+,48-,51-,52+/m1/s1. The lowest BCUT2D eigenvalue weighted by Gasteiger charge is -2.31. The number of carbonyl (C=O) groups excluding carboxylic acids is 10. The SMILES string of the molecule is CC(C)[C@@H](NC(=O)[C@@H]1CSSC[C@@H](NC(=O)[C@@H](CC(=O)O)NC(=O)[C@H]2CCCN2C(=O)[C@@H](NC(=O)[C@@H](N)CCC(=O)O)[C@@H](C)O)C(=O)N[C@@H](Cc2ccccc2)C(=O)N[C@@H](Cc2c[nH]c3ccccc23)C(=O)N[C@H](CCCN)C(=O)N[C@@H](Cc2ccc(O)cc2)C(=O)N1)C(=O)O. The smallest absolute Gasteiger partial charge is 0.326 e. The molecule has 31 nitrogen and oxygen atoms in total. The maximum Gasteiger partial charge on any atom is 0.326 e. The van der Waals surface area contributed by atoms with Gasteiger partial charge in [-0.1, -0.05) is 96.1 Å². The zero-order valence-corrected chi connectivity index (χ0v) is 54.6. The third kappa shape index (κ3) is 22.4. The molecule has 1 aromatic heterocycles. The summed E-state index contributed by atoms with van der Waals surface area (Å²) >= 11 is 0. The molecule has 6 rings (SSSR count). The van der Waals surface area contributed by atoms with Gasteiger partial charge in [0.25, 0.3) is 0 Å². The van der Waals surface area contributed by atoms with E-state index in [9.17, 15) is 73.2 Å². The van der Waals surface area contributed by atoms with Crippen molar-refractivity contribution in [1.82, 2.24) is 57.7 Å². The summed E-state index contributed by atoms with van der Waals surface area (Å²) in [7, 11) is 1.65. The fourth-order valence-corrected chi connectivity index (χ4v) is 13.0. The molecule has 96 heavy (non-hydrogen) atoms. The van der Waals surface area contributed by atoms with Gasteiger partial charge in [-0.25, -0.2) is 4.79 Å². The lowest BCUT2D eigenvalue weighted by Crippen LogP contribution is -2.62. The topological polar surface area (TPSA) is 502 Å². The molecule has 0 radical (unpaired) electrons. The van der Waals surface area contributed by atoms with Crippen LogP contribution in [0.5, 0.6) is 5.75 Å². The number of nitrogens with zero attached hydrogens (tertiary/aromatic N) is 1. The van der Waals surface area contributed by atoms with Crippen molar-refractivity contribution in [3.8, 4) is 5.75 Å². The highest BCUT2D eigenvalue weighted by Gasteiger charge is 2.42. The summed E-state index contributed by atoms with van der Waals surface area (Å²) < 4.78 is 0. The van der Waals surface area contributed by atoms with Crippen LogP contribution in [-0.4, -0.2) is 210 Å². The van der Waals surface area contributed by atoms with Crippen LogP contribution < -0.4 is 59.3 Å². The summed E-state index contributed by atoms with van der Waals surface area (Å²) in [5.41, 5.74) is 13.9. The van der Waals surface area contributed by atoms with Gasteiger partial charge in [-0.05, 0) is 86.4 Å². The third-order valence-electron chi connectivity index (χ3n) is 15.9. The summed E-state index contributed by atoms with van der Waals surface area (Å²) in [6.07, 6.45) is -2.43. The molecular formula is C63H83N13O18S2. The minimum Gasteiger partial charge on any atom is -0.508 e. The predicted octanol–water partition coefficient (Wildman–Crippen LogP) is -1.82. The normalized spacial score (nSPS) is 21.7. The van der Waals surface area contributed by atoms with Gasteiger partial charge >= 0.3 is 17.9 Å². The number of aliphatic hydroxyl groups excluding tert-OH is 1. The van der Waals surface area contributed by atoms with Gasteiger partial charge in [0.1, 0.15) is 66.2 Å². The number of nitrogens with two attached hydrogens (primary N) is 2. The van der Waals surface area contributed by atoms with Gasteiger partial charge in [0.2, 0.25) is 59.1 Å². The number of phenols is 1. The Bertz CT molecular complexity index is 3430. The summed E-state index contributed by atoms with van der Waals surface area (Å²) in [5, 5.41) is 73.9. The Morgan fingerprint density at radius 3 is 1.85 bits per heavy atom. The second kappa shape index (κ2) is 36.5. The Morgan fingerprint density at radius 1 is 0.656 bits per heavy atom. The highest BCUT2D eigenvalue weighted by atomic mass is 33.1. The summed E-state index contributed by atoms with van der Waals surface area (Å²) in [4.78, 5) is 185. The highest BCUT2D eigenvalue weighted by Crippen LogP contribution is 2.26. The van der Waals surface area contributed by atoms with Gasteiger partial charge < -0.3 is 94.7 Å². The van der Waals surface area contributed by atoms with Crippen LogP contribution >= 0.6 is 21.6 Å². The van der Waals surface area contributed by atoms with Gasteiger partial charge in [0.05, 0.1) is 18.6 Å². The number of para-hydroxylation sites is 1. The molecule has 19 N–H and O–H groups in total. The molecule has 2 aliphatic heterocycles. The van der Waals surface area contributed by atoms with E-state index in [4.69, 9.17) is 16.6 Å². The van der Waals surface area contributed by atoms with Crippen molar-refractivity contribution in [2.75, 3.05) is 24.6 Å². The molecule has 0 aliphatic carbocycles. The van der Waals surface area contributed by atoms with Crippen molar-refractivity contribution in [2.24, 2.45) is 17.4 Å². The van der Waals surface area contributed by atoms with E-state index in [1.807, 2.05) is 0 Å². The van der Waals surface area contributed by atoms with E-state index >= 15 is 9.59 Å². The van der Waals surface area contributed by atoms with Crippen molar-refractivity contribution in [2.45, 2.75) is 158 Å². The van der Waals surface area contributed by atoms with Crippen LogP contribution in [0.15, 0.2) is 85.1 Å². The molecule has 3 aromatic carbocycles. The number of carboxylic acid groups (broad SMARTS) is 3. The predicted molar refractivity (Wildman–Crippen MR) is 351 cm³/mol. The Labute approximate surface area is 559 Å². The van der Waals surface area contributed by atoms with E-state index in [0.717, 1.165) is 26.5 Å². The highest BCUT2D eigenvalue weighted by molar-refractivity contribution is 8.76. The van der Waals surface area contributed by atoms with Crippen molar-refractivity contribution >= 4 is 109 Å². The van der Waals surface area contributed by atoms with Gasteiger partial charge in [-0.3, -0.25) is 57.5 Å². The number of nitrogens with one attached hydrogen (secondary N) is 10. The fraction of sp³-hybridized carbons (Fsp3) is 0.476. The molecule has 3 heterocycles. The van der Waals surface area contributed by atoms with E-state index in [1.165, 1.54) is 45.0 Å². The molecule has 2 saturated heterocycles. The lowest BCUT2D eigenvalue weighted by atomic mass is 10.0. The van der Waals surface area contributed by atoms with Gasteiger partial charge in [-0.2, -0.15) is 0 Å². The minimum absolute atomic E-state index is 0.0402. The molecule has 33 heteroatoms. The van der Waals surface area contributed by atoms with Gasteiger partial charge in [0.15, 0.2) is 0 Å². The first-order valence-electron chi connectivity index (χ1n) is 31.1. The van der Waals surface area contributed by atoms with Crippen LogP contribution in [0.1, 0.15) is 82.4 Å².